The summed E-state index contributed by atoms with van der Waals surface area (Å²) in [5.74, 6) is 3.48. The lowest BCUT2D eigenvalue weighted by Gasteiger charge is -2.56. The molecule has 1 aromatic rings. The number of aromatic amines is 1. The monoisotopic (exact) mass is 245 g/mol. The van der Waals surface area contributed by atoms with Gasteiger partial charge in [0.25, 0.3) is 5.56 Å². The molecule has 0 aromatic carbocycles. The van der Waals surface area contributed by atoms with Crippen LogP contribution in [0.3, 0.4) is 0 Å². The van der Waals surface area contributed by atoms with Gasteiger partial charge in [-0.3, -0.25) is 4.79 Å². The van der Waals surface area contributed by atoms with Crippen molar-refractivity contribution in [2.24, 2.45) is 17.8 Å². The van der Waals surface area contributed by atoms with E-state index < -0.39 is 0 Å². The van der Waals surface area contributed by atoms with Crippen LogP contribution in [0.25, 0.3) is 0 Å². The summed E-state index contributed by atoms with van der Waals surface area (Å²) in [5, 5.41) is 0. The van der Waals surface area contributed by atoms with Crippen LogP contribution in [0.2, 0.25) is 0 Å². The molecule has 0 atom stereocenters. The zero-order chi connectivity index (χ0) is 12.3. The molecular formula is C14H19N3O. The molecular weight excluding hydrogens is 226 g/mol. The Morgan fingerprint density at radius 1 is 1.17 bits per heavy atom. The fourth-order valence-electron chi connectivity index (χ4n) is 5.07. The first-order valence-corrected chi connectivity index (χ1v) is 7.00. The Balaban J connectivity index is 1.79. The van der Waals surface area contributed by atoms with Crippen LogP contribution >= 0.6 is 0 Å². The fraction of sp³-hybridized carbons (Fsp3) is 0.714. The number of nitrogen functional groups attached to an aromatic ring is 1. The second kappa shape index (κ2) is 3.37. The van der Waals surface area contributed by atoms with Crippen molar-refractivity contribution in [3.05, 3.63) is 22.4 Å². The molecule has 1 heterocycles. The molecule has 0 amide bonds. The van der Waals surface area contributed by atoms with Gasteiger partial charge in [-0.2, -0.15) is 0 Å². The molecule has 18 heavy (non-hydrogen) atoms. The number of rotatable bonds is 1. The number of nitrogens with one attached hydrogen (secondary N) is 1. The van der Waals surface area contributed by atoms with E-state index in [1.807, 2.05) is 0 Å². The first-order valence-electron chi connectivity index (χ1n) is 7.00. The molecule has 0 aliphatic heterocycles. The Bertz CT molecular complexity index is 513. The van der Waals surface area contributed by atoms with E-state index in [1.165, 1.54) is 44.7 Å². The maximum absolute atomic E-state index is 11.7. The van der Waals surface area contributed by atoms with Crippen LogP contribution < -0.4 is 11.3 Å². The van der Waals surface area contributed by atoms with Crippen molar-refractivity contribution in [1.82, 2.24) is 9.97 Å². The first kappa shape index (κ1) is 10.6. The summed E-state index contributed by atoms with van der Waals surface area (Å²) in [7, 11) is 0. The van der Waals surface area contributed by atoms with Gasteiger partial charge in [0.05, 0.1) is 6.20 Å². The lowest BCUT2D eigenvalue weighted by molar-refractivity contribution is -0.00948. The molecule has 4 fully saturated rings. The standard InChI is InChI=1S/C14H19N3O/c15-11-7-16-13(17-12(11)18)14-4-8-1-9(5-14)3-10(2-8)6-14/h7-10H,1-6,15H2,(H,16,17,18). The zero-order valence-electron chi connectivity index (χ0n) is 10.5. The largest absolute Gasteiger partial charge is 0.393 e. The Morgan fingerprint density at radius 3 is 2.22 bits per heavy atom. The van der Waals surface area contributed by atoms with Gasteiger partial charge in [-0.15, -0.1) is 0 Å². The van der Waals surface area contributed by atoms with Gasteiger partial charge in [-0.05, 0) is 56.3 Å². The highest BCUT2D eigenvalue weighted by Crippen LogP contribution is 2.59. The minimum absolute atomic E-state index is 0.154. The molecule has 0 radical (unpaired) electrons. The lowest BCUT2D eigenvalue weighted by atomic mass is 9.49. The maximum Gasteiger partial charge on any atom is 0.274 e. The predicted molar refractivity (Wildman–Crippen MR) is 69.1 cm³/mol. The van der Waals surface area contributed by atoms with Gasteiger partial charge >= 0.3 is 0 Å². The van der Waals surface area contributed by atoms with E-state index in [9.17, 15) is 4.79 Å². The Kier molecular flexibility index (Phi) is 1.98. The van der Waals surface area contributed by atoms with Gasteiger partial charge in [0.1, 0.15) is 11.5 Å². The molecule has 3 N–H and O–H groups in total. The molecule has 4 aliphatic carbocycles. The highest BCUT2D eigenvalue weighted by Gasteiger charge is 2.52. The Hall–Kier alpha value is -1.32. The molecule has 0 spiro atoms. The second-order valence-corrected chi connectivity index (χ2v) is 6.71. The van der Waals surface area contributed by atoms with Crippen LogP contribution in [-0.4, -0.2) is 9.97 Å². The van der Waals surface area contributed by atoms with E-state index in [0.29, 0.717) is 0 Å². The molecule has 1 aromatic heterocycles. The van der Waals surface area contributed by atoms with Crippen LogP contribution in [0.5, 0.6) is 0 Å². The van der Waals surface area contributed by atoms with Crippen molar-refractivity contribution in [1.29, 1.82) is 0 Å². The quantitative estimate of drug-likeness (QED) is 0.792. The van der Waals surface area contributed by atoms with Gasteiger partial charge in [-0.1, -0.05) is 0 Å². The highest BCUT2D eigenvalue weighted by molar-refractivity contribution is 5.32. The van der Waals surface area contributed by atoms with Crippen molar-refractivity contribution in [3.63, 3.8) is 0 Å². The average Bonchev–Trinajstić information content (AvgIpc) is 2.31. The van der Waals surface area contributed by atoms with Gasteiger partial charge in [0.2, 0.25) is 0 Å². The van der Waals surface area contributed by atoms with Crippen LogP contribution in [0.4, 0.5) is 5.69 Å². The first-order chi connectivity index (χ1) is 8.64. The summed E-state index contributed by atoms with van der Waals surface area (Å²) < 4.78 is 0. The molecule has 4 bridgehead atoms. The number of hydrogen-bond donors (Lipinski definition) is 2. The van der Waals surface area contributed by atoms with E-state index in [2.05, 4.69) is 9.97 Å². The number of hydrogen-bond acceptors (Lipinski definition) is 3. The Morgan fingerprint density at radius 2 is 1.72 bits per heavy atom. The second-order valence-electron chi connectivity index (χ2n) is 6.71. The van der Waals surface area contributed by atoms with E-state index >= 15 is 0 Å². The van der Waals surface area contributed by atoms with Crippen LogP contribution in [0.1, 0.15) is 44.3 Å². The predicted octanol–water partition coefficient (Wildman–Crippen LogP) is 1.82. The van der Waals surface area contributed by atoms with Crippen molar-refractivity contribution >= 4 is 5.69 Å². The van der Waals surface area contributed by atoms with Gasteiger partial charge in [-0.25, -0.2) is 4.98 Å². The smallest absolute Gasteiger partial charge is 0.274 e. The van der Waals surface area contributed by atoms with Gasteiger partial charge < -0.3 is 10.7 Å². The van der Waals surface area contributed by atoms with E-state index in [-0.39, 0.29) is 16.7 Å². The molecule has 0 saturated heterocycles. The molecule has 4 nitrogen and oxygen atoms in total. The molecule has 96 valence electrons. The van der Waals surface area contributed by atoms with Crippen LogP contribution in [0.15, 0.2) is 11.0 Å². The lowest BCUT2D eigenvalue weighted by Crippen LogP contribution is -2.49. The number of H-pyrrole nitrogens is 1. The number of anilines is 1. The highest BCUT2D eigenvalue weighted by atomic mass is 16.1. The summed E-state index contributed by atoms with van der Waals surface area (Å²) in [4.78, 5) is 19.1. The summed E-state index contributed by atoms with van der Waals surface area (Å²) in [5.41, 5.74) is 5.78. The molecule has 5 rings (SSSR count). The molecule has 4 aliphatic rings. The van der Waals surface area contributed by atoms with Crippen molar-refractivity contribution < 1.29 is 0 Å². The van der Waals surface area contributed by atoms with E-state index in [4.69, 9.17) is 5.73 Å². The van der Waals surface area contributed by atoms with Gasteiger partial charge in [0.15, 0.2) is 0 Å². The van der Waals surface area contributed by atoms with Gasteiger partial charge in [0, 0.05) is 5.41 Å². The third kappa shape index (κ3) is 1.38. The molecule has 0 unspecified atom stereocenters. The third-order valence-electron chi connectivity index (χ3n) is 5.37. The topological polar surface area (TPSA) is 71.8 Å². The normalized spacial score (nSPS) is 41.2. The summed E-state index contributed by atoms with van der Waals surface area (Å²) in [6.07, 6.45) is 9.38. The Labute approximate surface area is 106 Å². The van der Waals surface area contributed by atoms with Crippen molar-refractivity contribution in [2.45, 2.75) is 43.9 Å². The van der Waals surface area contributed by atoms with Crippen molar-refractivity contribution in [3.8, 4) is 0 Å². The number of aromatic nitrogens is 2. The van der Waals surface area contributed by atoms with Crippen LogP contribution in [-0.2, 0) is 5.41 Å². The third-order valence-corrected chi connectivity index (χ3v) is 5.37. The fourth-order valence-corrected chi connectivity index (χ4v) is 5.07. The number of nitrogens with zero attached hydrogens (tertiary/aromatic N) is 1. The van der Waals surface area contributed by atoms with Crippen LogP contribution in [0, 0.1) is 17.8 Å². The number of nitrogens with two attached hydrogens (primary N) is 1. The summed E-state index contributed by atoms with van der Waals surface area (Å²) in [6.45, 7) is 0. The maximum atomic E-state index is 11.7. The molecule has 4 heteroatoms. The van der Waals surface area contributed by atoms with E-state index in [1.54, 1.807) is 0 Å². The average molecular weight is 245 g/mol. The minimum atomic E-state index is -0.171. The minimum Gasteiger partial charge on any atom is -0.393 e. The summed E-state index contributed by atoms with van der Waals surface area (Å²) >= 11 is 0. The zero-order valence-corrected chi connectivity index (χ0v) is 10.5. The van der Waals surface area contributed by atoms with Crippen molar-refractivity contribution in [2.75, 3.05) is 5.73 Å². The SMILES string of the molecule is Nc1cnc(C23CC4CC(CC(C4)C2)C3)[nH]c1=O. The molecule has 4 saturated carbocycles. The summed E-state index contributed by atoms with van der Waals surface area (Å²) in [6, 6.07) is 0. The van der Waals surface area contributed by atoms with E-state index in [0.717, 1.165) is 23.6 Å².